The fourth-order valence-electron chi connectivity index (χ4n) is 3.14. The van der Waals surface area contributed by atoms with Crippen molar-refractivity contribution in [1.29, 1.82) is 0 Å². The Morgan fingerprint density at radius 2 is 1.74 bits per heavy atom. The number of benzene rings is 2. The van der Waals surface area contributed by atoms with Gasteiger partial charge in [-0.3, -0.25) is 14.2 Å². The van der Waals surface area contributed by atoms with Crippen molar-refractivity contribution in [3.05, 3.63) is 84.8 Å². The standard InChI is InChI=1S/C25H24N2O6S/c1-4-33-23(29)14-22-27(15-18-5-9-19(10-6-18)25(31)32-3)24(30)21(34-22)13-17-7-11-20(12-8-17)26-16(2)28/h5-14H,4,15H2,1-3H3,(H,26,28)/b21-13-,22-14-. The molecule has 1 heterocycles. The van der Waals surface area contributed by atoms with E-state index in [0.717, 1.165) is 11.1 Å². The van der Waals surface area contributed by atoms with Gasteiger partial charge in [0, 0.05) is 12.6 Å². The van der Waals surface area contributed by atoms with Crippen molar-refractivity contribution in [1.82, 2.24) is 4.57 Å². The molecule has 0 atom stereocenters. The second-order valence-corrected chi connectivity index (χ2v) is 8.29. The van der Waals surface area contributed by atoms with Gasteiger partial charge in [-0.25, -0.2) is 9.59 Å². The molecule has 0 aliphatic carbocycles. The van der Waals surface area contributed by atoms with Crippen LogP contribution in [0.2, 0.25) is 0 Å². The quantitative estimate of drug-likeness (QED) is 0.518. The Kier molecular flexibility index (Phi) is 8.15. The van der Waals surface area contributed by atoms with Crippen LogP contribution in [0.5, 0.6) is 0 Å². The zero-order valence-electron chi connectivity index (χ0n) is 19.0. The van der Waals surface area contributed by atoms with E-state index in [1.54, 1.807) is 61.5 Å². The molecule has 0 fully saturated rings. The van der Waals surface area contributed by atoms with Crippen LogP contribution in [-0.4, -0.2) is 36.1 Å². The molecule has 0 saturated heterocycles. The second-order valence-electron chi connectivity index (χ2n) is 7.23. The van der Waals surface area contributed by atoms with Crippen molar-refractivity contribution < 1.29 is 23.9 Å². The Hall–Kier alpha value is -3.98. The molecule has 3 rings (SSSR count). The number of amides is 1. The smallest absolute Gasteiger partial charge is 0.337 e. The van der Waals surface area contributed by atoms with E-state index in [0.29, 0.717) is 20.4 Å². The predicted octanol–water partition coefficient (Wildman–Crippen LogP) is 1.88. The maximum atomic E-state index is 13.2. The number of carbonyl (C=O) groups excluding carboxylic acids is 3. The van der Waals surface area contributed by atoms with Gasteiger partial charge in [0.15, 0.2) is 0 Å². The third-order valence-corrected chi connectivity index (χ3v) is 5.77. The van der Waals surface area contributed by atoms with Crippen molar-refractivity contribution in [2.75, 3.05) is 19.0 Å². The molecule has 9 heteroatoms. The van der Waals surface area contributed by atoms with E-state index in [9.17, 15) is 19.2 Å². The van der Waals surface area contributed by atoms with Crippen molar-refractivity contribution in [2.24, 2.45) is 0 Å². The predicted molar refractivity (Wildman–Crippen MR) is 130 cm³/mol. The fraction of sp³-hybridized carbons (Fsp3) is 0.200. The number of esters is 2. The highest BCUT2D eigenvalue weighted by Crippen LogP contribution is 2.10. The first-order valence-electron chi connectivity index (χ1n) is 10.5. The average Bonchev–Trinajstić information content (AvgIpc) is 3.08. The number of rotatable bonds is 7. The van der Waals surface area contributed by atoms with Gasteiger partial charge in [-0.05, 0) is 48.4 Å². The Morgan fingerprint density at radius 3 is 2.32 bits per heavy atom. The molecule has 0 aliphatic rings. The number of anilines is 1. The zero-order chi connectivity index (χ0) is 24.7. The summed E-state index contributed by atoms with van der Waals surface area (Å²) >= 11 is 1.18. The molecule has 0 aliphatic heterocycles. The minimum absolute atomic E-state index is 0.170. The molecule has 0 saturated carbocycles. The van der Waals surface area contributed by atoms with Crippen LogP contribution in [0.3, 0.4) is 0 Å². The molecule has 2 aromatic carbocycles. The lowest BCUT2D eigenvalue weighted by molar-refractivity contribution is -0.135. The number of nitrogens with one attached hydrogen (secondary N) is 1. The normalized spacial score (nSPS) is 11.9. The average molecular weight is 481 g/mol. The Morgan fingerprint density at radius 1 is 1.06 bits per heavy atom. The van der Waals surface area contributed by atoms with Crippen LogP contribution in [0.4, 0.5) is 5.69 Å². The van der Waals surface area contributed by atoms with Gasteiger partial charge in [0.05, 0.1) is 36.4 Å². The van der Waals surface area contributed by atoms with E-state index < -0.39 is 11.9 Å². The molecule has 34 heavy (non-hydrogen) atoms. The van der Waals surface area contributed by atoms with Crippen LogP contribution in [0.1, 0.15) is 35.3 Å². The maximum absolute atomic E-state index is 13.2. The number of hydrogen-bond acceptors (Lipinski definition) is 7. The van der Waals surface area contributed by atoms with Crippen LogP contribution >= 0.6 is 11.3 Å². The minimum Gasteiger partial charge on any atom is -0.465 e. The van der Waals surface area contributed by atoms with Crippen LogP contribution in [0.15, 0.2) is 53.3 Å². The van der Waals surface area contributed by atoms with Gasteiger partial charge in [-0.2, -0.15) is 0 Å². The van der Waals surface area contributed by atoms with E-state index in [1.807, 2.05) is 0 Å². The summed E-state index contributed by atoms with van der Waals surface area (Å²) in [5, 5.41) is 2.69. The van der Waals surface area contributed by atoms with E-state index >= 15 is 0 Å². The van der Waals surface area contributed by atoms with E-state index in [4.69, 9.17) is 9.47 Å². The van der Waals surface area contributed by atoms with Gasteiger partial charge >= 0.3 is 11.9 Å². The lowest BCUT2D eigenvalue weighted by Crippen LogP contribution is -2.32. The zero-order valence-corrected chi connectivity index (χ0v) is 19.8. The minimum atomic E-state index is -0.537. The molecule has 3 aromatic rings. The molecule has 8 nitrogen and oxygen atoms in total. The number of aromatic nitrogens is 1. The Bertz CT molecular complexity index is 1370. The molecule has 0 unspecified atom stereocenters. The number of methoxy groups -OCH3 is 1. The van der Waals surface area contributed by atoms with Crippen molar-refractivity contribution in [2.45, 2.75) is 20.4 Å². The number of ether oxygens (including phenoxy) is 2. The SMILES string of the molecule is CCOC(=O)/C=c1\s/c(=C\c2ccc(NC(C)=O)cc2)c(=O)n1Cc1ccc(C(=O)OC)cc1. The number of thiazole rings is 1. The highest BCUT2D eigenvalue weighted by atomic mass is 32.1. The van der Waals surface area contributed by atoms with Crippen LogP contribution in [0.25, 0.3) is 12.2 Å². The van der Waals surface area contributed by atoms with E-state index in [2.05, 4.69) is 5.32 Å². The maximum Gasteiger partial charge on any atom is 0.337 e. The summed E-state index contributed by atoms with van der Waals surface area (Å²) in [6.07, 6.45) is 3.03. The highest BCUT2D eigenvalue weighted by Gasteiger charge is 2.10. The van der Waals surface area contributed by atoms with Gasteiger partial charge in [0.1, 0.15) is 4.66 Å². The lowest BCUT2D eigenvalue weighted by Gasteiger charge is -2.04. The monoisotopic (exact) mass is 480 g/mol. The third kappa shape index (κ3) is 6.29. The molecule has 1 N–H and O–H groups in total. The van der Waals surface area contributed by atoms with Crippen molar-refractivity contribution >= 4 is 47.0 Å². The van der Waals surface area contributed by atoms with Crippen molar-refractivity contribution in [3.8, 4) is 0 Å². The number of carbonyl (C=O) groups is 3. The summed E-state index contributed by atoms with van der Waals surface area (Å²) < 4.78 is 12.1. The third-order valence-electron chi connectivity index (χ3n) is 4.71. The molecule has 0 radical (unpaired) electrons. The molecule has 0 spiro atoms. The number of hydrogen-bond donors (Lipinski definition) is 1. The molecule has 0 bridgehead atoms. The molecule has 1 amide bonds. The van der Waals surface area contributed by atoms with E-state index in [1.165, 1.54) is 36.0 Å². The van der Waals surface area contributed by atoms with Crippen LogP contribution in [0, 0.1) is 0 Å². The first-order chi connectivity index (χ1) is 16.3. The lowest BCUT2D eigenvalue weighted by atomic mass is 10.1. The topological polar surface area (TPSA) is 104 Å². The Labute approximate surface area is 199 Å². The largest absolute Gasteiger partial charge is 0.465 e. The van der Waals surface area contributed by atoms with E-state index in [-0.39, 0.29) is 24.6 Å². The highest BCUT2D eigenvalue weighted by molar-refractivity contribution is 7.07. The second kappa shape index (κ2) is 11.2. The molecular weight excluding hydrogens is 456 g/mol. The summed E-state index contributed by atoms with van der Waals surface area (Å²) in [7, 11) is 1.31. The van der Waals surface area contributed by atoms with Gasteiger partial charge in [-0.1, -0.05) is 24.3 Å². The fourth-order valence-corrected chi connectivity index (χ4v) is 4.17. The van der Waals surface area contributed by atoms with Gasteiger partial charge < -0.3 is 14.8 Å². The first kappa shape index (κ1) is 24.7. The van der Waals surface area contributed by atoms with Crippen LogP contribution < -0.4 is 20.1 Å². The molecule has 1 aromatic heterocycles. The summed E-state index contributed by atoms with van der Waals surface area (Å²) in [5.74, 6) is -1.15. The van der Waals surface area contributed by atoms with Crippen molar-refractivity contribution in [3.63, 3.8) is 0 Å². The summed E-state index contributed by atoms with van der Waals surface area (Å²) in [6.45, 7) is 3.57. The number of nitrogens with zero attached hydrogens (tertiary/aromatic N) is 1. The summed E-state index contributed by atoms with van der Waals surface area (Å²) in [6, 6.07) is 13.8. The molecular formula is C25H24N2O6S. The van der Waals surface area contributed by atoms with Gasteiger partial charge in [-0.15, -0.1) is 11.3 Å². The summed E-state index contributed by atoms with van der Waals surface area (Å²) in [4.78, 5) is 48.2. The van der Waals surface area contributed by atoms with Gasteiger partial charge in [0.25, 0.3) is 5.56 Å². The van der Waals surface area contributed by atoms with Gasteiger partial charge in [0.2, 0.25) is 5.91 Å². The molecule has 176 valence electrons. The first-order valence-corrected chi connectivity index (χ1v) is 11.3. The Balaban J connectivity index is 2.02. The van der Waals surface area contributed by atoms with Crippen LogP contribution in [-0.2, 0) is 25.6 Å². The summed E-state index contributed by atoms with van der Waals surface area (Å²) in [5.41, 5.74) is 2.34.